The predicted octanol–water partition coefficient (Wildman–Crippen LogP) is 2.61. The minimum atomic E-state index is -0.232. The smallest absolute Gasteiger partial charge is 0.255 e. The minimum absolute atomic E-state index is 0.0407. The maximum atomic E-state index is 13.4. The van der Waals surface area contributed by atoms with E-state index < -0.39 is 0 Å². The lowest BCUT2D eigenvalue weighted by Crippen LogP contribution is -2.56. The van der Waals surface area contributed by atoms with Gasteiger partial charge in [-0.15, -0.1) is 21.5 Å². The highest BCUT2D eigenvalue weighted by Gasteiger charge is 2.44. The van der Waals surface area contributed by atoms with Crippen molar-refractivity contribution >= 4 is 17.2 Å². The molecule has 0 spiro atoms. The van der Waals surface area contributed by atoms with Crippen molar-refractivity contribution in [2.24, 2.45) is 0 Å². The molecule has 0 aliphatic carbocycles. The fourth-order valence-corrected chi connectivity index (χ4v) is 4.49. The number of morpholine rings is 1. The summed E-state index contributed by atoms with van der Waals surface area (Å²) in [5.74, 6) is 1.58. The number of thiazole rings is 1. The van der Waals surface area contributed by atoms with E-state index in [0.717, 1.165) is 34.0 Å². The van der Waals surface area contributed by atoms with Gasteiger partial charge in [-0.3, -0.25) is 4.79 Å². The highest BCUT2D eigenvalue weighted by molar-refractivity contribution is 7.07. The third kappa shape index (κ3) is 2.51. The molecule has 2 aromatic heterocycles. The number of aromatic nitrogens is 4. The number of carbonyl (C=O) groups is 1. The van der Waals surface area contributed by atoms with Crippen molar-refractivity contribution in [2.45, 2.75) is 32.5 Å². The summed E-state index contributed by atoms with van der Waals surface area (Å²) in [6.45, 7) is 5.59. The second-order valence-corrected chi connectivity index (χ2v) is 7.75. The van der Waals surface area contributed by atoms with Crippen LogP contribution in [0.1, 0.15) is 33.4 Å². The van der Waals surface area contributed by atoms with Gasteiger partial charge in [0, 0.05) is 17.5 Å². The number of carbonyl (C=O) groups excluding carboxylic acids is 1. The van der Waals surface area contributed by atoms with Crippen molar-refractivity contribution < 1.29 is 9.53 Å². The largest absolute Gasteiger partial charge is 0.377 e. The van der Waals surface area contributed by atoms with E-state index in [-0.39, 0.29) is 18.0 Å². The number of ether oxygens (including phenoxy) is 1. The molecular weight excluding hydrogens is 362 g/mol. The Morgan fingerprint density at radius 3 is 2.96 bits per heavy atom. The number of amides is 1. The van der Waals surface area contributed by atoms with Crippen LogP contribution in [0.15, 0.2) is 29.1 Å². The van der Waals surface area contributed by atoms with Crippen LogP contribution >= 0.6 is 11.3 Å². The molecule has 2 aliphatic heterocycles. The van der Waals surface area contributed by atoms with Crippen molar-refractivity contribution in [1.82, 2.24) is 24.6 Å². The average Bonchev–Trinajstić information content (AvgIpc) is 3.32. The summed E-state index contributed by atoms with van der Waals surface area (Å²) in [6.07, 6.45) is 0. The van der Waals surface area contributed by atoms with Crippen LogP contribution in [-0.2, 0) is 11.3 Å². The quantitative estimate of drug-likeness (QED) is 0.682. The zero-order chi connectivity index (χ0) is 18.5. The summed E-state index contributed by atoms with van der Waals surface area (Å²) in [7, 11) is 0. The molecule has 1 fully saturated rings. The van der Waals surface area contributed by atoms with Gasteiger partial charge in [0.05, 0.1) is 24.8 Å². The van der Waals surface area contributed by atoms with Crippen molar-refractivity contribution in [1.29, 1.82) is 0 Å². The van der Waals surface area contributed by atoms with Crippen LogP contribution in [0.2, 0.25) is 0 Å². The number of rotatable bonds is 2. The Morgan fingerprint density at radius 2 is 2.15 bits per heavy atom. The molecule has 0 unspecified atom stereocenters. The summed E-state index contributed by atoms with van der Waals surface area (Å²) >= 11 is 1.53. The monoisotopic (exact) mass is 381 g/mol. The molecule has 3 aromatic rings. The molecule has 1 saturated heterocycles. The van der Waals surface area contributed by atoms with Crippen LogP contribution in [0, 0.1) is 13.8 Å². The second kappa shape index (κ2) is 6.24. The maximum Gasteiger partial charge on any atom is 0.255 e. The number of nitrogens with zero attached hydrogens (tertiary/aromatic N) is 5. The minimum Gasteiger partial charge on any atom is -0.377 e. The molecule has 0 radical (unpaired) electrons. The molecule has 27 heavy (non-hydrogen) atoms. The van der Waals surface area contributed by atoms with Gasteiger partial charge in [0.2, 0.25) is 0 Å². The van der Waals surface area contributed by atoms with Crippen molar-refractivity contribution in [3.8, 4) is 11.5 Å². The molecule has 138 valence electrons. The summed E-state index contributed by atoms with van der Waals surface area (Å²) in [5, 5.41) is 10.7. The van der Waals surface area contributed by atoms with Crippen LogP contribution < -0.4 is 0 Å². The van der Waals surface area contributed by atoms with E-state index >= 15 is 0 Å². The van der Waals surface area contributed by atoms with Gasteiger partial charge < -0.3 is 14.2 Å². The van der Waals surface area contributed by atoms with Crippen LogP contribution in [0.3, 0.4) is 0 Å². The Kier molecular flexibility index (Phi) is 3.84. The molecular formula is C19H19N5O2S. The zero-order valence-corrected chi connectivity index (χ0v) is 15.9. The summed E-state index contributed by atoms with van der Waals surface area (Å²) in [4.78, 5) is 19.7. The van der Waals surface area contributed by atoms with Gasteiger partial charge >= 0.3 is 0 Å². The molecule has 0 N–H and O–H groups in total. The van der Waals surface area contributed by atoms with Gasteiger partial charge in [-0.05, 0) is 31.0 Å². The molecule has 8 heteroatoms. The van der Waals surface area contributed by atoms with Gasteiger partial charge in [0.25, 0.3) is 5.91 Å². The third-order valence-corrected chi connectivity index (χ3v) is 6.10. The SMILES string of the molecule is Cc1cccc(C(=O)N2[C@H]3COC[C@@H]2c2nnc(-c4cscn4)n2C3)c1C. The molecule has 2 aliphatic rings. The van der Waals surface area contributed by atoms with Gasteiger partial charge in [-0.2, -0.15) is 0 Å². The number of benzene rings is 1. The lowest BCUT2D eigenvalue weighted by Gasteiger charge is -2.45. The molecule has 1 aromatic carbocycles. The number of aryl methyl sites for hydroxylation is 1. The topological polar surface area (TPSA) is 73.1 Å². The lowest BCUT2D eigenvalue weighted by molar-refractivity contribution is -0.0569. The van der Waals surface area contributed by atoms with E-state index in [9.17, 15) is 4.79 Å². The van der Waals surface area contributed by atoms with Gasteiger partial charge in [-0.25, -0.2) is 4.98 Å². The van der Waals surface area contributed by atoms with Crippen LogP contribution in [-0.4, -0.2) is 49.8 Å². The average molecular weight is 381 g/mol. The highest BCUT2D eigenvalue weighted by atomic mass is 32.1. The summed E-state index contributed by atoms with van der Waals surface area (Å²) in [5.41, 5.74) is 5.51. The van der Waals surface area contributed by atoms with E-state index in [1.807, 2.05) is 42.3 Å². The fourth-order valence-electron chi connectivity index (χ4n) is 3.96. The Hall–Kier alpha value is -2.58. The number of hydrogen-bond acceptors (Lipinski definition) is 6. The summed E-state index contributed by atoms with van der Waals surface area (Å²) < 4.78 is 7.87. The molecule has 5 rings (SSSR count). The number of hydrogen-bond donors (Lipinski definition) is 0. The Labute approximate surface area is 160 Å². The standard InChI is InChI=1S/C19H19N5O2S/c1-11-4-3-5-14(12(11)2)19(25)24-13-6-23-17(15-9-27-10-20-15)21-22-18(23)16(24)8-26-7-13/h3-5,9-10,13,16H,6-8H2,1-2H3/t13-,16-/m1/s1. The first-order valence-electron chi connectivity index (χ1n) is 8.93. The van der Waals surface area contributed by atoms with Gasteiger partial charge in [0.15, 0.2) is 11.6 Å². The van der Waals surface area contributed by atoms with Crippen molar-refractivity contribution in [2.75, 3.05) is 13.2 Å². The van der Waals surface area contributed by atoms with E-state index in [1.54, 1.807) is 5.51 Å². The Morgan fingerprint density at radius 1 is 1.26 bits per heavy atom. The van der Waals surface area contributed by atoms with E-state index in [0.29, 0.717) is 19.8 Å². The van der Waals surface area contributed by atoms with Gasteiger partial charge in [0.1, 0.15) is 11.7 Å². The maximum absolute atomic E-state index is 13.4. The third-order valence-electron chi connectivity index (χ3n) is 5.52. The van der Waals surface area contributed by atoms with Gasteiger partial charge in [-0.1, -0.05) is 12.1 Å². The first-order chi connectivity index (χ1) is 13.1. The van der Waals surface area contributed by atoms with E-state index in [2.05, 4.69) is 19.7 Å². The molecule has 2 atom stereocenters. The fraction of sp³-hybridized carbons (Fsp3) is 0.368. The van der Waals surface area contributed by atoms with E-state index in [1.165, 1.54) is 11.3 Å². The van der Waals surface area contributed by atoms with Crippen LogP contribution in [0.25, 0.3) is 11.5 Å². The molecule has 2 bridgehead atoms. The summed E-state index contributed by atoms with van der Waals surface area (Å²) in [6, 6.07) is 5.60. The predicted molar refractivity (Wildman–Crippen MR) is 101 cm³/mol. The first-order valence-corrected chi connectivity index (χ1v) is 9.87. The first kappa shape index (κ1) is 16.6. The highest BCUT2D eigenvalue weighted by Crippen LogP contribution is 2.36. The molecule has 7 nitrogen and oxygen atoms in total. The Bertz CT molecular complexity index is 1010. The zero-order valence-electron chi connectivity index (χ0n) is 15.1. The number of fused-ring (bicyclic) bond motifs is 4. The van der Waals surface area contributed by atoms with Crippen molar-refractivity contribution in [3.63, 3.8) is 0 Å². The molecule has 4 heterocycles. The normalized spacial score (nSPS) is 21.2. The molecule has 1 amide bonds. The Balaban J connectivity index is 1.57. The second-order valence-electron chi connectivity index (χ2n) is 7.03. The van der Waals surface area contributed by atoms with Crippen molar-refractivity contribution in [3.05, 3.63) is 51.6 Å². The van der Waals surface area contributed by atoms with E-state index in [4.69, 9.17) is 4.74 Å². The van der Waals surface area contributed by atoms with Crippen LogP contribution in [0.4, 0.5) is 0 Å². The lowest BCUT2D eigenvalue weighted by atomic mass is 9.98. The molecule has 0 saturated carbocycles. The van der Waals surface area contributed by atoms with Crippen LogP contribution in [0.5, 0.6) is 0 Å².